The SMILES string of the molecule is C#CCn1cc(C2C3=C(CC(C)(C)CC3=O)N(C)C3=C2C(=O)CC(C)(C)C3)c2ccccc21. The fourth-order valence-corrected chi connectivity index (χ4v) is 6.21. The van der Waals surface area contributed by atoms with Crippen LogP contribution in [0, 0.1) is 23.2 Å². The van der Waals surface area contributed by atoms with Gasteiger partial charge in [-0.25, -0.2) is 0 Å². The molecule has 0 fully saturated rings. The van der Waals surface area contributed by atoms with E-state index in [9.17, 15) is 9.59 Å². The summed E-state index contributed by atoms with van der Waals surface area (Å²) in [4.78, 5) is 29.6. The number of carbonyl (C=O) groups is 2. The number of hydrogen-bond acceptors (Lipinski definition) is 3. The molecule has 3 aliphatic rings. The van der Waals surface area contributed by atoms with Gasteiger partial charge in [0.05, 0.1) is 6.54 Å². The average molecular weight is 441 g/mol. The Bertz CT molecular complexity index is 1250. The quantitative estimate of drug-likeness (QED) is 0.572. The summed E-state index contributed by atoms with van der Waals surface area (Å²) < 4.78 is 2.07. The number of para-hydroxylation sites is 1. The number of nitrogens with zero attached hydrogens (tertiary/aromatic N) is 2. The molecule has 0 bridgehead atoms. The summed E-state index contributed by atoms with van der Waals surface area (Å²) in [5.41, 5.74) is 5.66. The smallest absolute Gasteiger partial charge is 0.162 e. The maximum absolute atomic E-state index is 13.7. The van der Waals surface area contributed by atoms with Gasteiger partial charge in [-0.2, -0.15) is 0 Å². The molecule has 0 radical (unpaired) electrons. The Kier molecular flexibility index (Phi) is 4.76. The first-order chi connectivity index (χ1) is 15.5. The third-order valence-corrected chi connectivity index (χ3v) is 7.57. The van der Waals surface area contributed by atoms with Crippen LogP contribution in [0.25, 0.3) is 10.9 Å². The van der Waals surface area contributed by atoms with E-state index in [0.717, 1.165) is 51.8 Å². The van der Waals surface area contributed by atoms with E-state index in [1.54, 1.807) is 0 Å². The van der Waals surface area contributed by atoms with Crippen LogP contribution in [-0.4, -0.2) is 28.1 Å². The zero-order valence-corrected chi connectivity index (χ0v) is 20.3. The monoisotopic (exact) mass is 440 g/mol. The maximum Gasteiger partial charge on any atom is 0.162 e. The molecule has 0 saturated heterocycles. The number of terminal acetylenes is 1. The van der Waals surface area contributed by atoms with Crippen LogP contribution in [-0.2, 0) is 16.1 Å². The molecule has 1 aromatic carbocycles. The van der Waals surface area contributed by atoms with Crippen LogP contribution in [0.3, 0.4) is 0 Å². The Morgan fingerprint density at radius 2 is 1.48 bits per heavy atom. The van der Waals surface area contributed by atoms with E-state index in [0.29, 0.717) is 19.4 Å². The first kappa shape index (κ1) is 21.8. The zero-order chi connectivity index (χ0) is 23.7. The number of benzene rings is 1. The van der Waals surface area contributed by atoms with Crippen LogP contribution in [0.4, 0.5) is 0 Å². The number of ketones is 2. The summed E-state index contributed by atoms with van der Waals surface area (Å²) in [6, 6.07) is 8.17. The summed E-state index contributed by atoms with van der Waals surface area (Å²) in [6.45, 7) is 9.10. The summed E-state index contributed by atoms with van der Waals surface area (Å²) >= 11 is 0. The number of hydrogen-bond donors (Lipinski definition) is 0. The van der Waals surface area contributed by atoms with E-state index < -0.39 is 0 Å². The van der Waals surface area contributed by atoms with Gasteiger partial charge in [-0.15, -0.1) is 6.42 Å². The molecule has 4 heteroatoms. The highest BCUT2D eigenvalue weighted by Crippen LogP contribution is 2.54. The predicted octanol–water partition coefficient (Wildman–Crippen LogP) is 5.59. The highest BCUT2D eigenvalue weighted by molar-refractivity contribution is 6.08. The van der Waals surface area contributed by atoms with E-state index in [-0.39, 0.29) is 28.3 Å². The van der Waals surface area contributed by atoms with Crippen molar-refractivity contribution in [2.24, 2.45) is 10.8 Å². The van der Waals surface area contributed by atoms with Crippen molar-refractivity contribution in [3.8, 4) is 12.3 Å². The minimum Gasteiger partial charge on any atom is -0.351 e. The van der Waals surface area contributed by atoms with Gasteiger partial charge in [0.25, 0.3) is 0 Å². The van der Waals surface area contributed by atoms with Crippen LogP contribution in [0.15, 0.2) is 53.0 Å². The maximum atomic E-state index is 13.7. The Hall–Kier alpha value is -3.06. The molecular weight excluding hydrogens is 408 g/mol. The Morgan fingerprint density at radius 1 is 0.939 bits per heavy atom. The van der Waals surface area contributed by atoms with Gasteiger partial charge in [-0.05, 0) is 35.3 Å². The second-order valence-corrected chi connectivity index (χ2v) is 11.5. The number of allylic oxidation sites excluding steroid dienone is 4. The van der Waals surface area contributed by atoms with E-state index in [4.69, 9.17) is 6.42 Å². The summed E-state index contributed by atoms with van der Waals surface area (Å²) in [5.74, 6) is 2.74. The van der Waals surface area contributed by atoms with Gasteiger partial charge in [-0.1, -0.05) is 51.8 Å². The Labute approximate surface area is 196 Å². The number of fused-ring (bicyclic) bond motifs is 1. The predicted molar refractivity (Wildman–Crippen MR) is 131 cm³/mol. The molecule has 2 heterocycles. The number of aromatic nitrogens is 1. The van der Waals surface area contributed by atoms with Crippen molar-refractivity contribution in [1.29, 1.82) is 0 Å². The standard InChI is InChI=1S/C29H32N2O2/c1-7-12-31-17-19(18-10-8-9-11-20(18)31)25-26-21(13-28(2,3)15-23(26)32)30(6)22-14-29(4,5)16-24(33)27(22)25/h1,8-11,17,25H,12-16H2,2-6H3. The molecule has 4 nitrogen and oxygen atoms in total. The summed E-state index contributed by atoms with van der Waals surface area (Å²) in [6.07, 6.45) is 10.4. The molecule has 0 spiro atoms. The molecule has 2 aromatic rings. The summed E-state index contributed by atoms with van der Waals surface area (Å²) in [5, 5.41) is 1.07. The highest BCUT2D eigenvalue weighted by atomic mass is 16.1. The minimum atomic E-state index is -0.331. The number of rotatable bonds is 2. The van der Waals surface area contributed by atoms with E-state index >= 15 is 0 Å². The van der Waals surface area contributed by atoms with Crippen LogP contribution in [0.2, 0.25) is 0 Å². The Balaban J connectivity index is 1.82. The van der Waals surface area contributed by atoms with Gasteiger partial charge in [0, 0.05) is 65.4 Å². The largest absolute Gasteiger partial charge is 0.351 e. The third-order valence-electron chi connectivity index (χ3n) is 7.57. The van der Waals surface area contributed by atoms with Gasteiger partial charge in [-0.3, -0.25) is 9.59 Å². The van der Waals surface area contributed by atoms with Crippen molar-refractivity contribution >= 4 is 22.5 Å². The van der Waals surface area contributed by atoms with E-state index in [2.05, 4.69) is 61.4 Å². The average Bonchev–Trinajstić information content (AvgIpc) is 3.07. The molecule has 1 aliphatic heterocycles. The fourth-order valence-electron chi connectivity index (χ4n) is 6.21. The molecule has 1 aromatic heterocycles. The molecular formula is C29H32N2O2. The number of carbonyl (C=O) groups excluding carboxylic acids is 2. The number of Topliss-reactive ketones (excluding diaryl/α,β-unsaturated/α-hetero) is 2. The molecule has 0 saturated carbocycles. The van der Waals surface area contributed by atoms with Crippen LogP contribution >= 0.6 is 0 Å². The van der Waals surface area contributed by atoms with E-state index in [1.807, 2.05) is 19.2 Å². The van der Waals surface area contributed by atoms with Gasteiger partial charge >= 0.3 is 0 Å². The second kappa shape index (κ2) is 7.22. The van der Waals surface area contributed by atoms with Crippen molar-refractivity contribution in [1.82, 2.24) is 9.47 Å². The summed E-state index contributed by atoms with van der Waals surface area (Å²) in [7, 11) is 2.05. The first-order valence-corrected chi connectivity index (χ1v) is 11.8. The lowest BCUT2D eigenvalue weighted by Gasteiger charge is -2.47. The van der Waals surface area contributed by atoms with Crippen LogP contribution in [0.1, 0.15) is 64.9 Å². The minimum absolute atomic E-state index is 0.0988. The highest BCUT2D eigenvalue weighted by Gasteiger charge is 2.48. The van der Waals surface area contributed by atoms with Gasteiger partial charge < -0.3 is 9.47 Å². The molecule has 0 N–H and O–H groups in total. The molecule has 0 unspecified atom stereocenters. The van der Waals surface area contributed by atoms with Gasteiger partial charge in [0.1, 0.15) is 0 Å². The van der Waals surface area contributed by atoms with Crippen LogP contribution in [0.5, 0.6) is 0 Å². The zero-order valence-electron chi connectivity index (χ0n) is 20.3. The van der Waals surface area contributed by atoms with Crippen LogP contribution < -0.4 is 0 Å². The fraction of sp³-hybridized carbons (Fsp3) is 0.448. The third kappa shape index (κ3) is 3.37. The lowest BCUT2D eigenvalue weighted by molar-refractivity contribution is -0.119. The van der Waals surface area contributed by atoms with E-state index in [1.165, 1.54) is 0 Å². The molecule has 2 aliphatic carbocycles. The van der Waals surface area contributed by atoms with Crippen molar-refractivity contribution in [2.75, 3.05) is 7.05 Å². The molecule has 0 amide bonds. The molecule has 33 heavy (non-hydrogen) atoms. The van der Waals surface area contributed by atoms with Crippen molar-refractivity contribution in [3.63, 3.8) is 0 Å². The topological polar surface area (TPSA) is 42.3 Å². The van der Waals surface area contributed by atoms with Gasteiger partial charge in [0.2, 0.25) is 0 Å². The molecule has 5 rings (SSSR count). The van der Waals surface area contributed by atoms with Crippen molar-refractivity contribution in [3.05, 3.63) is 58.6 Å². The lowest BCUT2D eigenvalue weighted by atomic mass is 9.64. The molecule has 170 valence electrons. The normalized spacial score (nSPS) is 22.5. The first-order valence-electron chi connectivity index (χ1n) is 11.8. The lowest BCUT2D eigenvalue weighted by Crippen LogP contribution is -2.43. The van der Waals surface area contributed by atoms with Gasteiger partial charge in [0.15, 0.2) is 11.6 Å². The van der Waals surface area contributed by atoms with Crippen molar-refractivity contribution < 1.29 is 9.59 Å². The van der Waals surface area contributed by atoms with Crippen molar-refractivity contribution in [2.45, 2.75) is 65.8 Å². The molecule has 0 atom stereocenters. The second-order valence-electron chi connectivity index (χ2n) is 11.5. The Morgan fingerprint density at radius 3 is 2.03 bits per heavy atom.